The highest BCUT2D eigenvalue weighted by Crippen LogP contribution is 2.27. The molecule has 7 nitrogen and oxygen atoms in total. The summed E-state index contributed by atoms with van der Waals surface area (Å²) in [6.07, 6.45) is 0.198. The van der Waals surface area contributed by atoms with Crippen molar-refractivity contribution in [2.24, 2.45) is 5.73 Å². The van der Waals surface area contributed by atoms with Gasteiger partial charge >= 0.3 is 0 Å². The van der Waals surface area contributed by atoms with Crippen LogP contribution in [0.25, 0.3) is 11.1 Å². The number of hydrogen-bond acceptors (Lipinski definition) is 5. The average molecular weight is 373 g/mol. The molecule has 1 aromatic carbocycles. The minimum absolute atomic E-state index is 0.174. The van der Waals surface area contributed by atoms with E-state index in [0.29, 0.717) is 23.5 Å². The van der Waals surface area contributed by atoms with Gasteiger partial charge in [0.2, 0.25) is 5.91 Å². The molecule has 1 aliphatic rings. The number of aliphatic hydroxyl groups excluding tert-OH is 1. The van der Waals surface area contributed by atoms with Crippen molar-refractivity contribution in [1.82, 2.24) is 10.2 Å². The van der Waals surface area contributed by atoms with Gasteiger partial charge in [-0.1, -0.05) is 12.1 Å². The van der Waals surface area contributed by atoms with Gasteiger partial charge in [0, 0.05) is 25.3 Å². The van der Waals surface area contributed by atoms with Gasteiger partial charge in [0.15, 0.2) is 0 Å². The minimum Gasteiger partial charge on any atom is -0.396 e. The zero-order chi connectivity index (χ0) is 18.7. The Labute approximate surface area is 154 Å². The van der Waals surface area contributed by atoms with E-state index in [1.165, 1.54) is 16.2 Å². The van der Waals surface area contributed by atoms with Crippen molar-refractivity contribution in [3.63, 3.8) is 0 Å². The van der Waals surface area contributed by atoms with E-state index in [9.17, 15) is 19.5 Å². The lowest BCUT2D eigenvalue weighted by Crippen LogP contribution is -2.57. The van der Waals surface area contributed by atoms with Crippen molar-refractivity contribution in [2.75, 3.05) is 19.7 Å². The number of thiophene rings is 1. The maximum absolute atomic E-state index is 12.9. The number of hydrogen-bond donors (Lipinski definition) is 3. The van der Waals surface area contributed by atoms with E-state index in [1.807, 2.05) is 11.4 Å². The zero-order valence-corrected chi connectivity index (χ0v) is 14.8. The summed E-state index contributed by atoms with van der Waals surface area (Å²) in [4.78, 5) is 38.2. The fourth-order valence-electron chi connectivity index (χ4n) is 2.98. The summed E-state index contributed by atoms with van der Waals surface area (Å²) < 4.78 is 0. The number of piperazine rings is 1. The average Bonchev–Trinajstić information content (AvgIpc) is 3.14. The Balaban J connectivity index is 1.87. The number of aliphatic hydroxyl groups is 1. The number of nitrogens with zero attached hydrogens (tertiary/aromatic N) is 1. The largest absolute Gasteiger partial charge is 0.396 e. The van der Waals surface area contributed by atoms with E-state index in [2.05, 4.69) is 5.32 Å². The number of rotatable bonds is 5. The van der Waals surface area contributed by atoms with E-state index in [-0.39, 0.29) is 24.8 Å². The number of carbonyl (C=O) groups is 3. The second kappa shape index (κ2) is 7.67. The van der Waals surface area contributed by atoms with Crippen molar-refractivity contribution in [3.05, 3.63) is 46.2 Å². The van der Waals surface area contributed by atoms with Crippen LogP contribution in [0.3, 0.4) is 0 Å². The number of carbonyl (C=O) groups excluding carboxylic acids is 3. The molecule has 2 heterocycles. The van der Waals surface area contributed by atoms with Crippen LogP contribution in [0.1, 0.15) is 26.5 Å². The summed E-state index contributed by atoms with van der Waals surface area (Å²) in [6, 6.07) is 8.05. The Morgan fingerprint density at radius 2 is 2.12 bits per heavy atom. The topological polar surface area (TPSA) is 113 Å². The number of nitrogens with one attached hydrogen (secondary N) is 1. The summed E-state index contributed by atoms with van der Waals surface area (Å²) in [5, 5.41) is 13.7. The second-order valence-electron chi connectivity index (χ2n) is 5.96. The van der Waals surface area contributed by atoms with Gasteiger partial charge in [-0.25, -0.2) is 0 Å². The Morgan fingerprint density at radius 1 is 1.31 bits per heavy atom. The molecule has 1 unspecified atom stereocenters. The lowest BCUT2D eigenvalue weighted by atomic mass is 10.0. The van der Waals surface area contributed by atoms with Crippen molar-refractivity contribution < 1.29 is 19.5 Å². The first kappa shape index (κ1) is 18.1. The van der Waals surface area contributed by atoms with Gasteiger partial charge in [-0.15, -0.1) is 11.3 Å². The predicted octanol–water partition coefficient (Wildman–Crippen LogP) is 0.837. The van der Waals surface area contributed by atoms with Crippen molar-refractivity contribution >= 4 is 29.1 Å². The van der Waals surface area contributed by atoms with Crippen LogP contribution in [0, 0.1) is 0 Å². The highest BCUT2D eigenvalue weighted by Gasteiger charge is 2.33. The van der Waals surface area contributed by atoms with Gasteiger partial charge in [-0.3, -0.25) is 14.4 Å². The molecule has 0 aliphatic carbocycles. The molecule has 1 fully saturated rings. The summed E-state index contributed by atoms with van der Waals surface area (Å²) in [5.41, 5.74) is 7.34. The summed E-state index contributed by atoms with van der Waals surface area (Å²) in [6.45, 7) is 0.606. The molecular formula is C18H19N3O4S. The molecule has 1 atom stereocenters. The van der Waals surface area contributed by atoms with Gasteiger partial charge in [0.1, 0.15) is 6.04 Å². The molecule has 136 valence electrons. The Hall–Kier alpha value is -2.71. The molecule has 4 N–H and O–H groups in total. The summed E-state index contributed by atoms with van der Waals surface area (Å²) >= 11 is 1.25. The number of amides is 3. The highest BCUT2D eigenvalue weighted by molar-refractivity contribution is 7.12. The quantitative estimate of drug-likeness (QED) is 0.721. The molecule has 1 saturated heterocycles. The molecular weight excluding hydrogens is 354 g/mol. The molecule has 2 aromatic rings. The van der Waals surface area contributed by atoms with Crippen LogP contribution in [0.15, 0.2) is 35.7 Å². The van der Waals surface area contributed by atoms with E-state index in [0.717, 1.165) is 11.1 Å². The summed E-state index contributed by atoms with van der Waals surface area (Å²) in [7, 11) is 0. The fourth-order valence-corrected chi connectivity index (χ4v) is 3.75. The third-order valence-corrected chi connectivity index (χ3v) is 5.22. The third-order valence-electron chi connectivity index (χ3n) is 4.28. The van der Waals surface area contributed by atoms with E-state index < -0.39 is 11.9 Å². The van der Waals surface area contributed by atoms with Crippen molar-refractivity contribution in [2.45, 2.75) is 12.5 Å². The molecule has 3 amide bonds. The maximum Gasteiger partial charge on any atom is 0.258 e. The van der Waals surface area contributed by atoms with Gasteiger partial charge in [0.05, 0.1) is 4.88 Å². The van der Waals surface area contributed by atoms with Gasteiger partial charge < -0.3 is 21.1 Å². The van der Waals surface area contributed by atoms with Crippen LogP contribution in [0.4, 0.5) is 0 Å². The second-order valence-corrected chi connectivity index (χ2v) is 6.87. The predicted molar refractivity (Wildman–Crippen MR) is 97.8 cm³/mol. The van der Waals surface area contributed by atoms with Crippen LogP contribution in [-0.2, 0) is 4.79 Å². The lowest BCUT2D eigenvalue weighted by Gasteiger charge is -2.34. The fraction of sp³-hybridized carbons (Fsp3) is 0.278. The smallest absolute Gasteiger partial charge is 0.258 e. The van der Waals surface area contributed by atoms with Crippen LogP contribution in [0.2, 0.25) is 0 Å². The Bertz CT molecular complexity index is 848. The monoisotopic (exact) mass is 373 g/mol. The standard InChI is InChI=1S/C18H19N3O4S/c19-16(23)15-9-13(10-26-15)11-2-1-3-12(8-11)18(25)21-6-5-20-17(24)14(21)4-7-22/h1-3,8-10,14,22H,4-7H2,(H2,19,23)(H,20,24). The molecule has 0 spiro atoms. The van der Waals surface area contributed by atoms with Gasteiger partial charge in [-0.05, 0) is 41.1 Å². The number of benzene rings is 1. The summed E-state index contributed by atoms with van der Waals surface area (Å²) in [5.74, 6) is -0.996. The number of nitrogens with two attached hydrogens (primary N) is 1. The van der Waals surface area contributed by atoms with Gasteiger partial charge in [0.25, 0.3) is 11.8 Å². The SMILES string of the molecule is NC(=O)c1cc(-c2cccc(C(=O)N3CCNC(=O)C3CCO)c2)cs1. The minimum atomic E-state index is -0.674. The molecule has 0 radical (unpaired) electrons. The Kier molecular flexibility index (Phi) is 5.34. The molecule has 0 bridgehead atoms. The maximum atomic E-state index is 12.9. The Morgan fingerprint density at radius 3 is 2.81 bits per heavy atom. The molecule has 3 rings (SSSR count). The zero-order valence-electron chi connectivity index (χ0n) is 14.0. The first-order chi connectivity index (χ1) is 12.5. The first-order valence-electron chi connectivity index (χ1n) is 8.19. The van der Waals surface area contributed by atoms with E-state index >= 15 is 0 Å². The van der Waals surface area contributed by atoms with Crippen LogP contribution < -0.4 is 11.1 Å². The molecule has 1 aromatic heterocycles. The van der Waals surface area contributed by atoms with Crippen LogP contribution in [-0.4, -0.2) is 53.5 Å². The van der Waals surface area contributed by atoms with Crippen LogP contribution >= 0.6 is 11.3 Å². The lowest BCUT2D eigenvalue weighted by molar-refractivity contribution is -0.128. The third kappa shape index (κ3) is 3.61. The molecule has 1 aliphatic heterocycles. The van der Waals surface area contributed by atoms with Crippen LogP contribution in [0.5, 0.6) is 0 Å². The van der Waals surface area contributed by atoms with Crippen molar-refractivity contribution in [1.29, 1.82) is 0 Å². The first-order valence-corrected chi connectivity index (χ1v) is 9.07. The van der Waals surface area contributed by atoms with E-state index in [4.69, 9.17) is 5.73 Å². The normalized spacial score (nSPS) is 17.0. The number of primary amides is 1. The van der Waals surface area contributed by atoms with Gasteiger partial charge in [-0.2, -0.15) is 0 Å². The molecule has 26 heavy (non-hydrogen) atoms. The van der Waals surface area contributed by atoms with Crippen molar-refractivity contribution in [3.8, 4) is 11.1 Å². The highest BCUT2D eigenvalue weighted by atomic mass is 32.1. The molecule has 8 heteroatoms. The molecule has 0 saturated carbocycles. The van der Waals surface area contributed by atoms with E-state index in [1.54, 1.807) is 24.3 Å².